The van der Waals surface area contributed by atoms with Gasteiger partial charge in [-0.15, -0.1) is 0 Å². The van der Waals surface area contributed by atoms with Crippen LogP contribution in [0, 0.1) is 45.3 Å². The maximum absolute atomic E-state index is 14.5. The minimum atomic E-state index is -0.289. The van der Waals surface area contributed by atoms with Gasteiger partial charge in [0.25, 0.3) is 0 Å². The zero-order valence-corrected chi connectivity index (χ0v) is 25.1. The van der Waals surface area contributed by atoms with Gasteiger partial charge in [-0.2, -0.15) is 0 Å². The number of carbonyl (C=O) groups excluding carboxylic acids is 2. The first-order valence-corrected chi connectivity index (χ1v) is 16.6. The van der Waals surface area contributed by atoms with Crippen molar-refractivity contribution in [3.8, 4) is 0 Å². The van der Waals surface area contributed by atoms with Crippen molar-refractivity contribution in [3.05, 3.63) is 60.2 Å². The van der Waals surface area contributed by atoms with E-state index in [9.17, 15) is 9.59 Å². The zero-order valence-electron chi connectivity index (χ0n) is 25.1. The molecule has 222 valence electrons. The number of esters is 1. The van der Waals surface area contributed by atoms with E-state index in [1.807, 2.05) is 12.1 Å². The Hall–Kier alpha value is -2.82. The maximum Gasteiger partial charge on any atom is 0.311 e. The number of hydrogen-bond acceptors (Lipinski definition) is 4. The van der Waals surface area contributed by atoms with Crippen molar-refractivity contribution >= 4 is 23.3 Å². The van der Waals surface area contributed by atoms with Gasteiger partial charge in [0, 0.05) is 6.54 Å². The standard InChI is InChI=1S/C37H46N2O3/c1-42-33(41)35-17-28-14-29(18-35)22-37(21-28,24-35)36-19-26-13-27(20-36)16-34(15-26,23-36)32(40)39-31-10-6-5-9-30(31)38-12-11-25-7-3-2-4-8-25/h2-10,26-29,38H,11-24H2,1H3,(H,39,40). The van der Waals surface area contributed by atoms with Crippen molar-refractivity contribution in [2.45, 2.75) is 83.5 Å². The lowest BCUT2D eigenvalue weighted by atomic mass is 9.31. The molecule has 8 fully saturated rings. The van der Waals surface area contributed by atoms with E-state index in [-0.39, 0.29) is 33.5 Å². The molecule has 0 aliphatic heterocycles. The van der Waals surface area contributed by atoms with Gasteiger partial charge in [0.15, 0.2) is 0 Å². The molecule has 2 aromatic rings. The van der Waals surface area contributed by atoms with E-state index in [0.717, 1.165) is 62.9 Å². The van der Waals surface area contributed by atoms with Crippen molar-refractivity contribution in [2.75, 3.05) is 24.3 Å². The highest BCUT2D eigenvalue weighted by Crippen LogP contribution is 2.78. The molecule has 10 rings (SSSR count). The number of carbonyl (C=O) groups is 2. The van der Waals surface area contributed by atoms with E-state index in [0.29, 0.717) is 23.7 Å². The summed E-state index contributed by atoms with van der Waals surface area (Å²) in [7, 11) is 1.59. The van der Waals surface area contributed by atoms with Crippen molar-refractivity contribution < 1.29 is 14.3 Å². The number of ether oxygens (including phenoxy) is 1. The molecule has 42 heavy (non-hydrogen) atoms. The molecule has 4 unspecified atom stereocenters. The van der Waals surface area contributed by atoms with E-state index in [1.54, 1.807) is 7.11 Å². The first kappa shape index (κ1) is 26.8. The molecule has 0 spiro atoms. The fourth-order valence-electron chi connectivity index (χ4n) is 12.5. The summed E-state index contributed by atoms with van der Waals surface area (Å²) < 4.78 is 5.48. The van der Waals surface area contributed by atoms with E-state index in [1.165, 1.54) is 44.1 Å². The number of rotatable bonds is 8. The minimum absolute atomic E-state index is 0.0505. The molecule has 0 radical (unpaired) electrons. The Kier molecular flexibility index (Phi) is 6.12. The Balaban J connectivity index is 1.05. The molecule has 2 N–H and O–H groups in total. The van der Waals surface area contributed by atoms with Crippen LogP contribution in [-0.4, -0.2) is 25.5 Å². The third-order valence-corrected chi connectivity index (χ3v) is 13.1. The number of anilines is 2. The average molecular weight is 567 g/mol. The van der Waals surface area contributed by atoms with Gasteiger partial charge >= 0.3 is 5.97 Å². The van der Waals surface area contributed by atoms with Gasteiger partial charge in [-0.25, -0.2) is 0 Å². The van der Waals surface area contributed by atoms with E-state index in [4.69, 9.17) is 4.74 Å². The molecular formula is C37H46N2O3. The fourth-order valence-corrected chi connectivity index (χ4v) is 12.5. The van der Waals surface area contributed by atoms with Crippen molar-refractivity contribution in [2.24, 2.45) is 45.3 Å². The summed E-state index contributed by atoms with van der Waals surface area (Å²) in [5, 5.41) is 7.07. The SMILES string of the molecule is COC(=O)C12CC3CC(C1)CC(C14CC5CC(CC(C(=O)Nc6ccccc6NCCc6ccccc6)(C5)C1)C4)(C3)C2. The second kappa shape index (κ2) is 9.59. The third kappa shape index (κ3) is 4.08. The van der Waals surface area contributed by atoms with Crippen LogP contribution in [0.1, 0.15) is 82.6 Å². The summed E-state index contributed by atoms with van der Waals surface area (Å²) >= 11 is 0. The molecule has 2 aromatic carbocycles. The second-order valence-corrected chi connectivity index (χ2v) is 15.7. The monoisotopic (exact) mass is 566 g/mol. The van der Waals surface area contributed by atoms with Crippen LogP contribution >= 0.6 is 0 Å². The molecule has 4 atom stereocenters. The molecule has 0 saturated heterocycles. The summed E-state index contributed by atoms with van der Waals surface area (Å²) in [5.74, 6) is 2.87. The van der Waals surface area contributed by atoms with Gasteiger partial charge in [0.05, 0.1) is 29.3 Å². The van der Waals surface area contributed by atoms with Crippen LogP contribution < -0.4 is 10.6 Å². The second-order valence-electron chi connectivity index (χ2n) is 15.7. The topological polar surface area (TPSA) is 67.4 Å². The van der Waals surface area contributed by atoms with Crippen LogP contribution in [0.15, 0.2) is 54.6 Å². The quantitative estimate of drug-likeness (QED) is 0.323. The summed E-state index contributed by atoms with van der Waals surface area (Å²) in [6.45, 7) is 0.822. The van der Waals surface area contributed by atoms with Crippen LogP contribution in [0.4, 0.5) is 11.4 Å². The highest BCUT2D eigenvalue weighted by atomic mass is 16.5. The molecule has 1 amide bonds. The lowest BCUT2D eigenvalue weighted by molar-refractivity contribution is -0.238. The van der Waals surface area contributed by atoms with Crippen LogP contribution in [0.25, 0.3) is 0 Å². The summed E-state index contributed by atoms with van der Waals surface area (Å²) in [6.07, 6.45) is 14.8. The highest BCUT2D eigenvalue weighted by Gasteiger charge is 2.72. The van der Waals surface area contributed by atoms with Crippen molar-refractivity contribution in [1.82, 2.24) is 0 Å². The lowest BCUT2D eigenvalue weighted by Crippen LogP contribution is -2.66. The minimum Gasteiger partial charge on any atom is -0.469 e. The van der Waals surface area contributed by atoms with Crippen molar-refractivity contribution in [3.63, 3.8) is 0 Å². The number of hydrogen-bond donors (Lipinski definition) is 2. The number of para-hydroxylation sites is 2. The van der Waals surface area contributed by atoms with Crippen LogP contribution in [0.5, 0.6) is 0 Å². The number of benzene rings is 2. The van der Waals surface area contributed by atoms with Gasteiger partial charge < -0.3 is 15.4 Å². The van der Waals surface area contributed by atoms with E-state index >= 15 is 0 Å². The summed E-state index contributed by atoms with van der Waals surface area (Å²) in [5.41, 5.74) is 3.04. The molecule has 8 aliphatic carbocycles. The van der Waals surface area contributed by atoms with Gasteiger partial charge in [-0.1, -0.05) is 42.5 Å². The molecule has 0 heterocycles. The van der Waals surface area contributed by atoms with Crippen molar-refractivity contribution in [1.29, 1.82) is 0 Å². The molecule has 8 saturated carbocycles. The van der Waals surface area contributed by atoms with E-state index < -0.39 is 0 Å². The van der Waals surface area contributed by atoms with Gasteiger partial charge in [-0.3, -0.25) is 9.59 Å². The molecule has 8 bridgehead atoms. The zero-order chi connectivity index (χ0) is 28.6. The predicted molar refractivity (Wildman–Crippen MR) is 165 cm³/mol. The Labute approximate surface area is 250 Å². The molecule has 0 aromatic heterocycles. The number of amides is 1. The van der Waals surface area contributed by atoms with Gasteiger partial charge in [-0.05, 0) is 136 Å². The lowest BCUT2D eigenvalue weighted by Gasteiger charge is -2.73. The fraction of sp³-hybridized carbons (Fsp3) is 0.622. The first-order valence-electron chi connectivity index (χ1n) is 16.6. The average Bonchev–Trinajstić information content (AvgIpc) is 2.97. The summed E-state index contributed by atoms with van der Waals surface area (Å²) in [6, 6.07) is 18.8. The van der Waals surface area contributed by atoms with Crippen LogP contribution in [0.3, 0.4) is 0 Å². The maximum atomic E-state index is 14.5. The number of methoxy groups -OCH3 is 1. The molecular weight excluding hydrogens is 520 g/mol. The third-order valence-electron chi connectivity index (χ3n) is 13.1. The summed E-state index contributed by atoms with van der Waals surface area (Å²) in [4.78, 5) is 27.8. The van der Waals surface area contributed by atoms with Crippen LogP contribution in [-0.2, 0) is 20.7 Å². The molecule has 5 heteroatoms. The Morgan fingerprint density at radius 1 is 0.714 bits per heavy atom. The van der Waals surface area contributed by atoms with Gasteiger partial charge in [0.1, 0.15) is 0 Å². The normalized spacial score (nSPS) is 40.6. The van der Waals surface area contributed by atoms with Gasteiger partial charge in [0.2, 0.25) is 5.91 Å². The first-order chi connectivity index (χ1) is 20.3. The van der Waals surface area contributed by atoms with E-state index in [2.05, 4.69) is 53.1 Å². The smallest absolute Gasteiger partial charge is 0.311 e. The Bertz CT molecular complexity index is 1360. The molecule has 5 nitrogen and oxygen atoms in total. The Morgan fingerprint density at radius 2 is 1.24 bits per heavy atom. The largest absolute Gasteiger partial charge is 0.469 e. The van der Waals surface area contributed by atoms with Crippen LogP contribution in [0.2, 0.25) is 0 Å². The highest BCUT2D eigenvalue weighted by molar-refractivity contribution is 5.98. The molecule has 8 aliphatic rings. The predicted octanol–water partition coefficient (Wildman–Crippen LogP) is 7.63. The Morgan fingerprint density at radius 3 is 1.83 bits per heavy atom. The number of nitrogens with one attached hydrogen (secondary N) is 2.